The molecule has 31 heavy (non-hydrogen) atoms. The molecule has 3 rings (SSSR count). The fourth-order valence-corrected chi connectivity index (χ4v) is 3.70. The van der Waals surface area contributed by atoms with Crippen LogP contribution in [0.4, 0.5) is 5.69 Å². The highest BCUT2D eigenvalue weighted by Gasteiger charge is 2.45. The van der Waals surface area contributed by atoms with Crippen molar-refractivity contribution in [2.75, 3.05) is 38.3 Å². The number of unbranched alkanes of at least 4 members (excludes halogenated alkanes) is 2. The van der Waals surface area contributed by atoms with Crippen molar-refractivity contribution in [3.63, 3.8) is 0 Å². The van der Waals surface area contributed by atoms with Crippen LogP contribution in [0.1, 0.15) is 59.7 Å². The Morgan fingerprint density at radius 3 is 2.55 bits per heavy atom. The molecular weight excluding hydrogens is 402 g/mol. The molecule has 2 heterocycles. The zero-order valence-electron chi connectivity index (χ0n) is 17.8. The number of nitrogens with one attached hydrogen (secondary N) is 2. The van der Waals surface area contributed by atoms with Crippen LogP contribution in [0.5, 0.6) is 0 Å². The monoisotopic (exact) mass is 431 g/mol. The van der Waals surface area contributed by atoms with Gasteiger partial charge in [0.15, 0.2) is 0 Å². The first-order valence-corrected chi connectivity index (χ1v) is 10.8. The summed E-state index contributed by atoms with van der Waals surface area (Å²) in [6, 6.07) is 4.00. The van der Waals surface area contributed by atoms with Gasteiger partial charge in [-0.05, 0) is 25.0 Å². The maximum atomic E-state index is 13.0. The third kappa shape index (κ3) is 5.48. The number of piperidine rings is 1. The number of hydrogen-bond donors (Lipinski definition) is 2. The van der Waals surface area contributed by atoms with Crippen molar-refractivity contribution in [3.05, 3.63) is 29.3 Å². The van der Waals surface area contributed by atoms with Gasteiger partial charge in [-0.2, -0.15) is 0 Å². The molecule has 9 nitrogen and oxygen atoms in total. The first-order valence-electron chi connectivity index (χ1n) is 10.8. The Bertz CT molecular complexity index is 841. The molecule has 1 fully saturated rings. The largest absolute Gasteiger partial charge is 0.382 e. The lowest BCUT2D eigenvalue weighted by Gasteiger charge is -2.27. The van der Waals surface area contributed by atoms with Crippen LogP contribution < -0.4 is 10.6 Å². The van der Waals surface area contributed by atoms with E-state index in [9.17, 15) is 19.2 Å². The maximum Gasteiger partial charge on any atom is 0.264 e. The second-order valence-corrected chi connectivity index (χ2v) is 7.53. The van der Waals surface area contributed by atoms with Gasteiger partial charge in [-0.1, -0.05) is 25.8 Å². The molecule has 1 saturated heterocycles. The van der Waals surface area contributed by atoms with Gasteiger partial charge in [0.05, 0.1) is 30.9 Å². The Hall–Kier alpha value is -2.78. The molecule has 2 N–H and O–H groups in total. The van der Waals surface area contributed by atoms with Crippen molar-refractivity contribution in [1.82, 2.24) is 10.2 Å². The van der Waals surface area contributed by atoms with E-state index >= 15 is 0 Å². The quantitative estimate of drug-likeness (QED) is 0.383. The zero-order valence-corrected chi connectivity index (χ0v) is 17.8. The fraction of sp³-hybridized carbons (Fsp3) is 0.545. The molecule has 1 unspecified atom stereocenters. The lowest BCUT2D eigenvalue weighted by atomic mass is 10.0. The highest BCUT2D eigenvalue weighted by molar-refractivity contribution is 6.25. The molecule has 2 aliphatic heterocycles. The normalized spacial score (nSPS) is 18.4. The summed E-state index contributed by atoms with van der Waals surface area (Å²) in [7, 11) is 0. The highest BCUT2D eigenvalue weighted by atomic mass is 16.5. The van der Waals surface area contributed by atoms with Crippen molar-refractivity contribution in [1.29, 1.82) is 0 Å². The first-order chi connectivity index (χ1) is 15.0. The number of anilines is 1. The summed E-state index contributed by atoms with van der Waals surface area (Å²) >= 11 is 0. The number of fused-ring (bicyclic) bond motifs is 1. The molecule has 1 aromatic carbocycles. The van der Waals surface area contributed by atoms with Gasteiger partial charge in [0.2, 0.25) is 11.8 Å². The van der Waals surface area contributed by atoms with E-state index in [1.54, 1.807) is 18.2 Å². The lowest BCUT2D eigenvalue weighted by molar-refractivity contribution is -0.136. The van der Waals surface area contributed by atoms with E-state index in [0.717, 1.165) is 30.8 Å². The lowest BCUT2D eigenvalue weighted by Crippen LogP contribution is -2.54. The molecule has 0 radical (unpaired) electrons. The van der Waals surface area contributed by atoms with Gasteiger partial charge in [-0.25, -0.2) is 0 Å². The van der Waals surface area contributed by atoms with E-state index in [4.69, 9.17) is 9.47 Å². The summed E-state index contributed by atoms with van der Waals surface area (Å²) in [5.74, 6) is -2.06. The van der Waals surface area contributed by atoms with Crippen LogP contribution >= 0.6 is 0 Å². The van der Waals surface area contributed by atoms with Gasteiger partial charge in [-0.3, -0.25) is 29.4 Å². The SMILES string of the molecule is CCCCCOCCOCCNc1cccc2c1C(=O)N(C1CCC(=O)NC1=O)C2=O. The van der Waals surface area contributed by atoms with Crippen LogP contribution in [0.25, 0.3) is 0 Å². The Morgan fingerprint density at radius 1 is 1.03 bits per heavy atom. The van der Waals surface area contributed by atoms with Crippen molar-refractivity contribution in [2.24, 2.45) is 0 Å². The fourth-order valence-electron chi connectivity index (χ4n) is 3.70. The van der Waals surface area contributed by atoms with Gasteiger partial charge >= 0.3 is 0 Å². The minimum Gasteiger partial charge on any atom is -0.382 e. The second-order valence-electron chi connectivity index (χ2n) is 7.53. The predicted octanol–water partition coefficient (Wildman–Crippen LogP) is 1.72. The molecule has 1 aromatic rings. The molecule has 0 bridgehead atoms. The van der Waals surface area contributed by atoms with Crippen molar-refractivity contribution in [3.8, 4) is 0 Å². The van der Waals surface area contributed by atoms with Crippen LogP contribution in [0.15, 0.2) is 18.2 Å². The Morgan fingerprint density at radius 2 is 1.81 bits per heavy atom. The minimum atomic E-state index is -0.974. The minimum absolute atomic E-state index is 0.0918. The van der Waals surface area contributed by atoms with E-state index in [1.807, 2.05) is 0 Å². The molecule has 0 aliphatic carbocycles. The number of hydrogen-bond acceptors (Lipinski definition) is 7. The molecule has 0 saturated carbocycles. The number of benzene rings is 1. The van der Waals surface area contributed by atoms with Crippen molar-refractivity contribution < 1.29 is 28.7 Å². The number of carbonyl (C=O) groups is 4. The van der Waals surface area contributed by atoms with E-state index in [-0.39, 0.29) is 24.0 Å². The van der Waals surface area contributed by atoms with Gasteiger partial charge in [0, 0.05) is 25.3 Å². The zero-order chi connectivity index (χ0) is 22.2. The maximum absolute atomic E-state index is 13.0. The van der Waals surface area contributed by atoms with Crippen molar-refractivity contribution in [2.45, 2.75) is 45.1 Å². The average Bonchev–Trinajstić information content (AvgIpc) is 3.01. The number of amides is 4. The van der Waals surface area contributed by atoms with Gasteiger partial charge in [0.25, 0.3) is 11.8 Å². The van der Waals surface area contributed by atoms with Crippen LogP contribution in [-0.2, 0) is 19.1 Å². The molecular formula is C22H29N3O6. The Balaban J connectivity index is 1.51. The number of rotatable bonds is 12. The molecule has 9 heteroatoms. The third-order valence-electron chi connectivity index (χ3n) is 5.29. The summed E-state index contributed by atoms with van der Waals surface area (Å²) in [5, 5.41) is 5.33. The van der Waals surface area contributed by atoms with Crippen LogP contribution in [0.3, 0.4) is 0 Å². The predicted molar refractivity (Wildman–Crippen MR) is 113 cm³/mol. The average molecular weight is 431 g/mol. The van der Waals surface area contributed by atoms with E-state index in [1.165, 1.54) is 0 Å². The number of imide groups is 2. The molecule has 0 aromatic heterocycles. The molecule has 0 spiro atoms. The Labute approximate surface area is 181 Å². The standard InChI is InChI=1S/C22H29N3O6/c1-2-3-4-11-30-13-14-31-12-10-23-16-7-5-6-15-19(16)22(29)25(21(15)28)17-8-9-18(26)24-20(17)27/h5-7,17,23H,2-4,8-14H2,1H3,(H,24,26,27). The summed E-state index contributed by atoms with van der Waals surface area (Å²) in [4.78, 5) is 50.3. The summed E-state index contributed by atoms with van der Waals surface area (Å²) < 4.78 is 11.0. The number of carbonyl (C=O) groups excluding carboxylic acids is 4. The van der Waals surface area contributed by atoms with Crippen LogP contribution in [0, 0.1) is 0 Å². The van der Waals surface area contributed by atoms with Gasteiger partial charge in [-0.15, -0.1) is 0 Å². The smallest absolute Gasteiger partial charge is 0.264 e. The third-order valence-corrected chi connectivity index (χ3v) is 5.29. The topological polar surface area (TPSA) is 114 Å². The van der Waals surface area contributed by atoms with Crippen molar-refractivity contribution >= 4 is 29.3 Å². The molecule has 168 valence electrons. The number of nitrogens with zero attached hydrogens (tertiary/aromatic N) is 1. The first kappa shape index (κ1) is 22.9. The molecule has 2 aliphatic rings. The summed E-state index contributed by atoms with van der Waals surface area (Å²) in [5.41, 5.74) is 1.02. The van der Waals surface area contributed by atoms with E-state index in [0.29, 0.717) is 32.1 Å². The van der Waals surface area contributed by atoms with E-state index < -0.39 is 29.7 Å². The molecule has 4 amide bonds. The number of ether oxygens (including phenoxy) is 2. The highest BCUT2D eigenvalue weighted by Crippen LogP contribution is 2.32. The Kier molecular flexibility index (Phi) is 8.13. The second kappa shape index (κ2) is 11.0. The van der Waals surface area contributed by atoms with Gasteiger partial charge in [0.1, 0.15) is 6.04 Å². The molecule has 1 atom stereocenters. The summed E-state index contributed by atoms with van der Waals surface area (Å²) in [6.07, 6.45) is 3.60. The van der Waals surface area contributed by atoms with Crippen LogP contribution in [0.2, 0.25) is 0 Å². The van der Waals surface area contributed by atoms with Crippen LogP contribution in [-0.4, -0.2) is 67.5 Å². The van der Waals surface area contributed by atoms with E-state index in [2.05, 4.69) is 17.6 Å². The summed E-state index contributed by atoms with van der Waals surface area (Å²) in [6.45, 7) is 4.78. The van der Waals surface area contributed by atoms with Gasteiger partial charge < -0.3 is 14.8 Å².